The average molecular weight is 274 g/mol. The van der Waals surface area contributed by atoms with Crippen LogP contribution in [-0.4, -0.2) is 42.3 Å². The van der Waals surface area contributed by atoms with E-state index < -0.39 is 0 Å². The van der Waals surface area contributed by atoms with Gasteiger partial charge in [0, 0.05) is 24.8 Å². The van der Waals surface area contributed by atoms with Crippen LogP contribution in [0.1, 0.15) is 10.5 Å². The third-order valence-electron chi connectivity index (χ3n) is 1.79. The molecule has 0 spiro atoms. The molecule has 2 N–H and O–H groups in total. The quantitative estimate of drug-likeness (QED) is 0.847. The first-order valence-corrected chi connectivity index (χ1v) is 5.12. The van der Waals surface area contributed by atoms with Gasteiger partial charge in [0.1, 0.15) is 5.69 Å². The summed E-state index contributed by atoms with van der Waals surface area (Å²) in [6, 6.07) is 1.65. The normalized spacial score (nSPS) is 9.80. The second-order valence-corrected chi connectivity index (χ2v) is 4.12. The Morgan fingerprint density at radius 3 is 2.67 bits per heavy atom. The lowest BCUT2D eigenvalue weighted by Gasteiger charge is -2.10. The van der Waals surface area contributed by atoms with E-state index in [0.29, 0.717) is 5.69 Å². The van der Waals surface area contributed by atoms with Gasteiger partial charge in [0.15, 0.2) is 0 Å². The fourth-order valence-electron chi connectivity index (χ4n) is 0.908. The molecule has 1 aromatic heterocycles. The lowest BCUT2D eigenvalue weighted by atomic mass is 10.4. The smallest absolute Gasteiger partial charge is 0.268 e. The fraction of sp³-hybridized carbons (Fsp3) is 0.333. The van der Waals surface area contributed by atoms with Crippen LogP contribution < -0.4 is 5.32 Å². The molecule has 5 nitrogen and oxygen atoms in total. The van der Waals surface area contributed by atoms with Crippen LogP contribution in [0.5, 0.6) is 0 Å². The summed E-state index contributed by atoms with van der Waals surface area (Å²) in [6.45, 7) is 0.00245. The second-order valence-electron chi connectivity index (χ2n) is 3.20. The van der Waals surface area contributed by atoms with E-state index in [1.807, 2.05) is 0 Å². The van der Waals surface area contributed by atoms with Crippen molar-refractivity contribution in [1.29, 1.82) is 0 Å². The van der Waals surface area contributed by atoms with Gasteiger partial charge < -0.3 is 15.2 Å². The lowest BCUT2D eigenvalue weighted by molar-refractivity contribution is -0.127. The van der Waals surface area contributed by atoms with Crippen LogP contribution in [0.25, 0.3) is 0 Å². The third-order valence-corrected chi connectivity index (χ3v) is 2.25. The number of aromatic nitrogens is 1. The first kappa shape index (κ1) is 11.8. The number of nitrogens with zero attached hydrogens (tertiary/aromatic N) is 1. The largest absolute Gasteiger partial charge is 0.356 e. The zero-order valence-corrected chi connectivity index (χ0v) is 10.1. The van der Waals surface area contributed by atoms with Gasteiger partial charge in [-0.15, -0.1) is 0 Å². The summed E-state index contributed by atoms with van der Waals surface area (Å²) in [7, 11) is 3.28. The highest BCUT2D eigenvalue weighted by molar-refractivity contribution is 9.10. The number of amides is 2. The Labute approximate surface area is 96.0 Å². The molecular formula is C9H12BrN3O2. The number of likely N-dealkylation sites (N-methyl/N-ethyl adjacent to an activating group) is 1. The molecule has 0 aliphatic heterocycles. The van der Waals surface area contributed by atoms with Gasteiger partial charge in [-0.2, -0.15) is 0 Å². The van der Waals surface area contributed by atoms with Crippen LogP contribution in [0, 0.1) is 0 Å². The van der Waals surface area contributed by atoms with Crippen molar-refractivity contribution in [2.45, 2.75) is 0 Å². The predicted molar refractivity (Wildman–Crippen MR) is 59.5 cm³/mol. The van der Waals surface area contributed by atoms with E-state index >= 15 is 0 Å². The fourth-order valence-corrected chi connectivity index (χ4v) is 1.25. The molecule has 15 heavy (non-hydrogen) atoms. The van der Waals surface area contributed by atoms with Crippen LogP contribution in [-0.2, 0) is 4.79 Å². The van der Waals surface area contributed by atoms with Gasteiger partial charge in [0.05, 0.1) is 6.54 Å². The number of H-pyrrole nitrogens is 1. The highest BCUT2D eigenvalue weighted by Crippen LogP contribution is 2.09. The molecule has 1 rings (SSSR count). The number of carbonyl (C=O) groups excluding carboxylic acids is 2. The first-order valence-electron chi connectivity index (χ1n) is 4.33. The van der Waals surface area contributed by atoms with Gasteiger partial charge in [-0.25, -0.2) is 0 Å². The van der Waals surface area contributed by atoms with E-state index in [4.69, 9.17) is 0 Å². The minimum Gasteiger partial charge on any atom is -0.356 e. The van der Waals surface area contributed by atoms with Gasteiger partial charge in [-0.3, -0.25) is 9.59 Å². The van der Waals surface area contributed by atoms with E-state index in [-0.39, 0.29) is 18.4 Å². The number of carbonyl (C=O) groups is 2. The SMILES string of the molecule is CN(C)C(=O)CNC(=O)c1cc(Br)c[nH]1. The maximum atomic E-state index is 11.5. The van der Waals surface area contributed by atoms with Crippen molar-refractivity contribution in [3.63, 3.8) is 0 Å². The highest BCUT2D eigenvalue weighted by Gasteiger charge is 2.10. The molecule has 0 saturated carbocycles. The Hall–Kier alpha value is -1.30. The molecule has 0 aliphatic rings. The molecule has 2 amide bonds. The Morgan fingerprint density at radius 2 is 2.20 bits per heavy atom. The minimum absolute atomic E-state index is 0.00245. The van der Waals surface area contributed by atoms with Crippen molar-refractivity contribution in [2.75, 3.05) is 20.6 Å². The summed E-state index contributed by atoms with van der Waals surface area (Å²) in [6.07, 6.45) is 1.66. The Balaban J connectivity index is 2.47. The zero-order chi connectivity index (χ0) is 11.4. The molecule has 82 valence electrons. The molecule has 0 radical (unpaired) electrons. The van der Waals surface area contributed by atoms with Crippen LogP contribution >= 0.6 is 15.9 Å². The van der Waals surface area contributed by atoms with E-state index in [2.05, 4.69) is 26.2 Å². The zero-order valence-electron chi connectivity index (χ0n) is 8.50. The molecule has 1 heterocycles. The summed E-state index contributed by atoms with van der Waals surface area (Å²) >= 11 is 3.22. The van der Waals surface area contributed by atoms with Crippen molar-refractivity contribution in [2.24, 2.45) is 0 Å². The van der Waals surface area contributed by atoms with Crippen molar-refractivity contribution in [3.05, 3.63) is 22.4 Å². The monoisotopic (exact) mass is 273 g/mol. The van der Waals surface area contributed by atoms with Crippen LogP contribution in [0.2, 0.25) is 0 Å². The topological polar surface area (TPSA) is 65.2 Å². The summed E-state index contributed by atoms with van der Waals surface area (Å²) < 4.78 is 0.798. The predicted octanol–water partition coefficient (Wildman–Crippen LogP) is 0.595. The van der Waals surface area contributed by atoms with Crippen molar-refractivity contribution < 1.29 is 9.59 Å². The maximum absolute atomic E-state index is 11.5. The maximum Gasteiger partial charge on any atom is 0.268 e. The number of aromatic amines is 1. The number of rotatable bonds is 3. The summed E-state index contributed by atoms with van der Waals surface area (Å²) in [5.41, 5.74) is 0.424. The number of halogens is 1. The van der Waals surface area contributed by atoms with Crippen molar-refractivity contribution in [1.82, 2.24) is 15.2 Å². The third kappa shape index (κ3) is 3.39. The average Bonchev–Trinajstić information content (AvgIpc) is 2.60. The molecule has 0 fully saturated rings. The van der Waals surface area contributed by atoms with E-state index in [0.717, 1.165) is 4.47 Å². The Morgan fingerprint density at radius 1 is 1.53 bits per heavy atom. The number of hydrogen-bond acceptors (Lipinski definition) is 2. The van der Waals surface area contributed by atoms with Gasteiger partial charge in [0.25, 0.3) is 5.91 Å². The molecule has 0 bridgehead atoms. The Kier molecular flexibility index (Phi) is 3.90. The highest BCUT2D eigenvalue weighted by atomic mass is 79.9. The molecule has 1 aromatic rings. The van der Waals surface area contributed by atoms with Crippen LogP contribution in [0.4, 0.5) is 0 Å². The van der Waals surface area contributed by atoms with E-state index in [1.165, 1.54) is 4.90 Å². The van der Waals surface area contributed by atoms with Crippen molar-refractivity contribution in [3.8, 4) is 0 Å². The van der Waals surface area contributed by atoms with Gasteiger partial charge in [0.2, 0.25) is 5.91 Å². The van der Waals surface area contributed by atoms with Gasteiger partial charge >= 0.3 is 0 Å². The lowest BCUT2D eigenvalue weighted by Crippen LogP contribution is -2.36. The molecule has 0 atom stereocenters. The molecule has 0 aromatic carbocycles. The Bertz CT molecular complexity index is 373. The standard InChI is InChI=1S/C9H12BrN3O2/c1-13(2)8(14)5-12-9(15)7-3-6(10)4-11-7/h3-4,11H,5H2,1-2H3,(H,12,15). The molecule has 6 heteroatoms. The van der Waals surface area contributed by atoms with Crippen LogP contribution in [0.3, 0.4) is 0 Å². The molecule has 0 saturated heterocycles. The van der Waals surface area contributed by atoms with Gasteiger partial charge in [-0.05, 0) is 22.0 Å². The summed E-state index contributed by atoms with van der Waals surface area (Å²) in [4.78, 5) is 26.8. The summed E-state index contributed by atoms with van der Waals surface area (Å²) in [5, 5.41) is 2.51. The summed E-state index contributed by atoms with van der Waals surface area (Å²) in [5.74, 6) is -0.440. The number of nitrogens with one attached hydrogen (secondary N) is 2. The minimum atomic E-state index is -0.295. The van der Waals surface area contributed by atoms with Crippen molar-refractivity contribution >= 4 is 27.7 Å². The number of hydrogen-bond donors (Lipinski definition) is 2. The second kappa shape index (κ2) is 4.97. The first-order chi connectivity index (χ1) is 7.00. The molecule has 0 aliphatic carbocycles. The van der Waals surface area contributed by atoms with E-state index in [9.17, 15) is 9.59 Å². The van der Waals surface area contributed by atoms with E-state index in [1.54, 1.807) is 26.4 Å². The van der Waals surface area contributed by atoms with Gasteiger partial charge in [-0.1, -0.05) is 0 Å². The van der Waals surface area contributed by atoms with Crippen LogP contribution in [0.15, 0.2) is 16.7 Å². The molecular weight excluding hydrogens is 262 g/mol. The molecule has 0 unspecified atom stereocenters.